The number of hydrogen-bond donors (Lipinski definition) is 0. The quantitative estimate of drug-likeness (QED) is 0.706. The summed E-state index contributed by atoms with van der Waals surface area (Å²) in [6, 6.07) is -0.613. The lowest BCUT2D eigenvalue weighted by molar-refractivity contribution is 0.0525. The predicted octanol–water partition coefficient (Wildman–Crippen LogP) is 0.525. The second-order valence-corrected chi connectivity index (χ2v) is 4.86. The molecule has 0 radical (unpaired) electrons. The Morgan fingerprint density at radius 1 is 1.18 bits per heavy atom. The third-order valence-electron chi connectivity index (χ3n) is 3.47. The van der Waals surface area contributed by atoms with E-state index in [0.717, 1.165) is 10.8 Å². The van der Waals surface area contributed by atoms with Crippen LogP contribution in [0.25, 0.3) is 5.70 Å². The molecule has 0 aromatic carbocycles. The highest BCUT2D eigenvalue weighted by atomic mass is 19.2. The van der Waals surface area contributed by atoms with Crippen LogP contribution in [0.2, 0.25) is 0 Å². The molecule has 3 rings (SSSR count). The number of morpholine rings is 1. The molecule has 0 saturated carbocycles. The van der Waals surface area contributed by atoms with E-state index in [1.165, 1.54) is 4.90 Å². The number of rotatable bonds is 1. The van der Waals surface area contributed by atoms with Crippen molar-refractivity contribution in [3.63, 3.8) is 0 Å². The van der Waals surface area contributed by atoms with Crippen LogP contribution in [0.3, 0.4) is 0 Å². The van der Waals surface area contributed by atoms with Crippen LogP contribution >= 0.6 is 0 Å². The summed E-state index contributed by atoms with van der Waals surface area (Å²) in [5.74, 6) is -1.91. The first-order valence-electron chi connectivity index (χ1n) is 6.75. The van der Waals surface area contributed by atoms with Gasteiger partial charge in [0.1, 0.15) is 5.83 Å². The van der Waals surface area contributed by atoms with E-state index in [1.807, 2.05) is 0 Å². The van der Waals surface area contributed by atoms with Gasteiger partial charge >= 0.3 is 11.7 Å². The maximum absolute atomic E-state index is 13.3. The Balaban J connectivity index is 1.88. The van der Waals surface area contributed by atoms with Crippen LogP contribution in [-0.4, -0.2) is 57.0 Å². The molecule has 0 spiro atoms. The summed E-state index contributed by atoms with van der Waals surface area (Å²) in [4.78, 5) is 25.8. The highest BCUT2D eigenvalue weighted by Crippen LogP contribution is 2.26. The van der Waals surface area contributed by atoms with Crippen molar-refractivity contribution in [2.24, 2.45) is 0 Å². The van der Waals surface area contributed by atoms with Crippen molar-refractivity contribution >= 4 is 11.7 Å². The third-order valence-corrected chi connectivity index (χ3v) is 3.47. The van der Waals surface area contributed by atoms with Crippen molar-refractivity contribution in [2.45, 2.75) is 12.8 Å². The van der Waals surface area contributed by atoms with Gasteiger partial charge in [0.25, 0.3) is 0 Å². The van der Waals surface area contributed by atoms with Gasteiger partial charge in [0.2, 0.25) is 0 Å². The molecule has 1 saturated heterocycles. The number of halogens is 2. The lowest BCUT2D eigenvalue weighted by atomic mass is 10.1. The Kier molecular flexibility index (Phi) is 3.84. The van der Waals surface area contributed by atoms with Crippen LogP contribution in [0.15, 0.2) is 22.5 Å². The Hall–Kier alpha value is -2.36. The SMILES string of the molecule is O=C(N1CCOCC1)n1nnn(C2=CC(F)=C(F)CC2)c1=O. The molecule has 10 heteroatoms. The normalized spacial score (nSPS) is 19.4. The first-order chi connectivity index (χ1) is 10.6. The van der Waals surface area contributed by atoms with Crippen LogP contribution in [0.5, 0.6) is 0 Å². The summed E-state index contributed by atoms with van der Waals surface area (Å²) in [6.45, 7) is 1.47. The zero-order valence-corrected chi connectivity index (χ0v) is 11.5. The molecule has 0 unspecified atom stereocenters. The van der Waals surface area contributed by atoms with Gasteiger partial charge in [-0.05, 0) is 22.9 Å². The average molecular weight is 313 g/mol. The topological polar surface area (TPSA) is 82.2 Å². The van der Waals surface area contributed by atoms with Crippen molar-refractivity contribution in [1.82, 2.24) is 24.7 Å². The van der Waals surface area contributed by atoms with Gasteiger partial charge in [-0.2, -0.15) is 4.68 Å². The molecule has 2 heterocycles. The highest BCUT2D eigenvalue weighted by Gasteiger charge is 2.25. The molecule has 0 N–H and O–H groups in total. The molecule has 1 aromatic rings. The van der Waals surface area contributed by atoms with Crippen molar-refractivity contribution < 1.29 is 18.3 Å². The second kappa shape index (κ2) is 5.79. The van der Waals surface area contributed by atoms with Crippen LogP contribution in [0.1, 0.15) is 12.8 Å². The molecule has 1 aliphatic carbocycles. The number of carbonyl (C=O) groups is 1. The van der Waals surface area contributed by atoms with E-state index in [-0.39, 0.29) is 18.5 Å². The predicted molar refractivity (Wildman–Crippen MR) is 70.2 cm³/mol. The summed E-state index contributed by atoms with van der Waals surface area (Å²) in [5, 5.41) is 7.10. The number of nitrogens with zero attached hydrogens (tertiary/aromatic N) is 5. The van der Waals surface area contributed by atoms with E-state index in [9.17, 15) is 18.4 Å². The lowest BCUT2D eigenvalue weighted by Crippen LogP contribution is -2.46. The molecule has 8 nitrogen and oxygen atoms in total. The van der Waals surface area contributed by atoms with E-state index in [4.69, 9.17) is 4.74 Å². The van der Waals surface area contributed by atoms with Crippen molar-refractivity contribution in [1.29, 1.82) is 0 Å². The van der Waals surface area contributed by atoms with E-state index >= 15 is 0 Å². The molecular formula is C12H13F2N5O3. The monoisotopic (exact) mass is 313 g/mol. The Bertz CT molecular complexity index is 715. The van der Waals surface area contributed by atoms with E-state index < -0.39 is 23.4 Å². The Morgan fingerprint density at radius 2 is 1.91 bits per heavy atom. The minimum atomic E-state index is -1.04. The number of tetrazole rings is 1. The Labute approximate surface area is 123 Å². The van der Waals surface area contributed by atoms with Gasteiger partial charge in [-0.1, -0.05) is 0 Å². The summed E-state index contributed by atoms with van der Waals surface area (Å²) >= 11 is 0. The molecule has 1 fully saturated rings. The number of aromatic nitrogens is 4. The molecular weight excluding hydrogens is 300 g/mol. The van der Waals surface area contributed by atoms with Gasteiger partial charge in [-0.3, -0.25) is 0 Å². The number of carbonyl (C=O) groups excluding carboxylic acids is 1. The molecule has 0 atom stereocenters. The molecule has 1 aliphatic heterocycles. The van der Waals surface area contributed by atoms with Crippen LogP contribution in [-0.2, 0) is 4.74 Å². The first kappa shape index (κ1) is 14.6. The van der Waals surface area contributed by atoms with E-state index in [1.54, 1.807) is 0 Å². The smallest absolute Gasteiger partial charge is 0.377 e. The van der Waals surface area contributed by atoms with Gasteiger partial charge in [-0.25, -0.2) is 18.4 Å². The molecule has 0 bridgehead atoms. The number of ether oxygens (including phenoxy) is 1. The molecule has 1 amide bonds. The minimum absolute atomic E-state index is 0.101. The fourth-order valence-electron chi connectivity index (χ4n) is 2.26. The molecule has 118 valence electrons. The van der Waals surface area contributed by atoms with Crippen LogP contribution in [0.4, 0.5) is 13.6 Å². The summed E-state index contributed by atoms with van der Waals surface area (Å²) in [6.07, 6.45) is 0.830. The van der Waals surface area contributed by atoms with E-state index in [0.29, 0.717) is 31.0 Å². The van der Waals surface area contributed by atoms with Crippen molar-refractivity contribution in [3.05, 3.63) is 28.2 Å². The fourth-order valence-corrected chi connectivity index (χ4v) is 2.26. The number of hydrogen-bond acceptors (Lipinski definition) is 5. The largest absolute Gasteiger partial charge is 0.378 e. The first-order valence-corrected chi connectivity index (χ1v) is 6.75. The summed E-state index contributed by atoms with van der Waals surface area (Å²) in [5.41, 5.74) is -0.650. The molecule has 2 aliphatic rings. The van der Waals surface area contributed by atoms with Crippen molar-refractivity contribution in [3.8, 4) is 0 Å². The maximum Gasteiger partial charge on any atom is 0.377 e. The summed E-state index contributed by atoms with van der Waals surface area (Å²) in [7, 11) is 0. The molecule has 22 heavy (non-hydrogen) atoms. The minimum Gasteiger partial charge on any atom is -0.378 e. The second-order valence-electron chi connectivity index (χ2n) is 4.86. The standard InChI is InChI=1S/C12H13F2N5O3/c13-9-2-1-8(7-10(9)14)18-12(21)19(16-15-18)11(20)17-3-5-22-6-4-17/h7H,1-6H2. The van der Waals surface area contributed by atoms with Gasteiger partial charge in [0, 0.05) is 19.5 Å². The third kappa shape index (κ3) is 2.56. The van der Waals surface area contributed by atoms with Gasteiger partial charge in [0.05, 0.1) is 18.9 Å². The average Bonchev–Trinajstić information content (AvgIpc) is 2.92. The summed E-state index contributed by atoms with van der Waals surface area (Å²) < 4.78 is 32.8. The van der Waals surface area contributed by atoms with E-state index in [2.05, 4.69) is 10.4 Å². The van der Waals surface area contributed by atoms with Gasteiger partial charge < -0.3 is 9.64 Å². The fraction of sp³-hybridized carbons (Fsp3) is 0.500. The lowest BCUT2D eigenvalue weighted by Gasteiger charge is -2.25. The van der Waals surface area contributed by atoms with Gasteiger partial charge in [-0.15, -0.1) is 4.68 Å². The zero-order valence-electron chi connectivity index (χ0n) is 11.5. The molecule has 1 aromatic heterocycles. The van der Waals surface area contributed by atoms with Crippen molar-refractivity contribution in [2.75, 3.05) is 26.3 Å². The number of allylic oxidation sites excluding steroid dienone is 4. The van der Waals surface area contributed by atoms with Gasteiger partial charge in [0.15, 0.2) is 5.83 Å². The highest BCUT2D eigenvalue weighted by molar-refractivity contribution is 5.75. The van der Waals surface area contributed by atoms with Crippen LogP contribution < -0.4 is 5.69 Å². The Morgan fingerprint density at radius 3 is 2.59 bits per heavy atom. The zero-order chi connectivity index (χ0) is 15.7. The van der Waals surface area contributed by atoms with Crippen LogP contribution in [0, 0.1) is 0 Å². The number of amides is 1. The maximum atomic E-state index is 13.3.